The Morgan fingerprint density at radius 2 is 2.18 bits per heavy atom. The van der Waals surface area contributed by atoms with E-state index in [1.54, 1.807) is 17.7 Å². The van der Waals surface area contributed by atoms with E-state index in [1.165, 1.54) is 23.3 Å². The van der Waals surface area contributed by atoms with Crippen LogP contribution in [0.3, 0.4) is 0 Å². The average Bonchev–Trinajstić information content (AvgIpc) is 2.91. The second-order valence-corrected chi connectivity index (χ2v) is 6.88. The highest BCUT2D eigenvalue weighted by molar-refractivity contribution is 7.19. The van der Waals surface area contributed by atoms with Crippen LogP contribution in [0.5, 0.6) is 0 Å². The van der Waals surface area contributed by atoms with Crippen molar-refractivity contribution in [2.45, 2.75) is 39.0 Å². The number of anilines is 1. The van der Waals surface area contributed by atoms with E-state index in [2.05, 4.69) is 22.2 Å². The van der Waals surface area contributed by atoms with Crippen molar-refractivity contribution in [2.24, 2.45) is 0 Å². The van der Waals surface area contributed by atoms with Crippen molar-refractivity contribution in [3.8, 4) is 0 Å². The van der Waals surface area contributed by atoms with Crippen molar-refractivity contribution in [3.05, 3.63) is 16.8 Å². The second-order valence-electron chi connectivity index (χ2n) is 5.79. The number of amides is 1. The lowest BCUT2D eigenvalue weighted by molar-refractivity contribution is -0.119. The van der Waals surface area contributed by atoms with Gasteiger partial charge in [-0.1, -0.05) is 6.92 Å². The van der Waals surface area contributed by atoms with E-state index in [0.29, 0.717) is 6.54 Å². The molecule has 118 valence electrons. The van der Waals surface area contributed by atoms with Gasteiger partial charge in [0.25, 0.3) is 0 Å². The van der Waals surface area contributed by atoms with Crippen molar-refractivity contribution in [2.75, 3.05) is 25.0 Å². The largest absolute Gasteiger partial charge is 0.355 e. The Labute approximate surface area is 134 Å². The monoisotopic (exact) mass is 318 g/mol. The zero-order valence-electron chi connectivity index (χ0n) is 13.2. The van der Waals surface area contributed by atoms with E-state index >= 15 is 0 Å². The van der Waals surface area contributed by atoms with Gasteiger partial charge in [-0.15, -0.1) is 11.3 Å². The van der Waals surface area contributed by atoms with Crippen LogP contribution in [0.25, 0.3) is 10.2 Å². The SMILES string of the molecule is CCCNC(=O)CN(C)c1ncnc2sc3c(c12)CCCC3. The molecule has 0 aromatic carbocycles. The first kappa shape index (κ1) is 15.2. The van der Waals surface area contributed by atoms with Gasteiger partial charge in [0.15, 0.2) is 0 Å². The Balaban J connectivity index is 1.89. The van der Waals surface area contributed by atoms with E-state index < -0.39 is 0 Å². The molecule has 2 aromatic heterocycles. The van der Waals surface area contributed by atoms with Crippen LogP contribution < -0.4 is 10.2 Å². The molecule has 0 radical (unpaired) electrons. The maximum atomic E-state index is 12.0. The third-order valence-electron chi connectivity index (χ3n) is 4.05. The minimum Gasteiger partial charge on any atom is -0.355 e. The maximum absolute atomic E-state index is 12.0. The van der Waals surface area contributed by atoms with Crippen LogP contribution in [-0.2, 0) is 17.6 Å². The lowest BCUT2D eigenvalue weighted by Gasteiger charge is -2.19. The summed E-state index contributed by atoms with van der Waals surface area (Å²) in [6, 6.07) is 0. The summed E-state index contributed by atoms with van der Waals surface area (Å²) in [7, 11) is 1.93. The lowest BCUT2D eigenvalue weighted by Crippen LogP contribution is -2.36. The number of nitrogens with zero attached hydrogens (tertiary/aromatic N) is 3. The summed E-state index contributed by atoms with van der Waals surface area (Å²) < 4.78 is 0. The molecule has 0 spiro atoms. The van der Waals surface area contributed by atoms with Gasteiger partial charge in [0, 0.05) is 18.5 Å². The molecule has 0 fully saturated rings. The molecule has 0 aliphatic heterocycles. The van der Waals surface area contributed by atoms with Gasteiger partial charge in [0.05, 0.1) is 11.9 Å². The summed E-state index contributed by atoms with van der Waals surface area (Å²) in [5.41, 5.74) is 1.41. The number of aryl methyl sites for hydroxylation is 2. The van der Waals surface area contributed by atoms with Crippen molar-refractivity contribution in [1.82, 2.24) is 15.3 Å². The van der Waals surface area contributed by atoms with E-state index in [4.69, 9.17) is 0 Å². The lowest BCUT2D eigenvalue weighted by atomic mass is 9.97. The van der Waals surface area contributed by atoms with E-state index in [1.807, 2.05) is 11.9 Å². The zero-order valence-corrected chi connectivity index (χ0v) is 14.0. The fourth-order valence-corrected chi connectivity index (χ4v) is 4.20. The highest BCUT2D eigenvalue weighted by atomic mass is 32.1. The molecule has 1 amide bonds. The minimum atomic E-state index is 0.0419. The molecule has 2 heterocycles. The summed E-state index contributed by atoms with van der Waals surface area (Å²) in [4.78, 5) is 25.3. The van der Waals surface area contributed by atoms with Gasteiger partial charge in [-0.2, -0.15) is 0 Å². The van der Waals surface area contributed by atoms with Gasteiger partial charge in [-0.25, -0.2) is 9.97 Å². The minimum absolute atomic E-state index is 0.0419. The van der Waals surface area contributed by atoms with E-state index in [-0.39, 0.29) is 5.91 Å². The average molecular weight is 318 g/mol. The zero-order chi connectivity index (χ0) is 15.5. The van der Waals surface area contributed by atoms with Crippen molar-refractivity contribution < 1.29 is 4.79 Å². The van der Waals surface area contributed by atoms with Crippen LogP contribution >= 0.6 is 11.3 Å². The molecule has 3 rings (SSSR count). The van der Waals surface area contributed by atoms with Crippen LogP contribution in [0.4, 0.5) is 5.82 Å². The molecule has 1 N–H and O–H groups in total. The number of nitrogens with one attached hydrogen (secondary N) is 1. The highest BCUT2D eigenvalue weighted by Crippen LogP contribution is 2.38. The standard InChI is InChI=1S/C16H22N4OS/c1-3-8-17-13(21)9-20(2)15-14-11-6-4-5-7-12(11)22-16(14)19-10-18-15/h10H,3-9H2,1-2H3,(H,17,21). The number of carbonyl (C=O) groups excluding carboxylic acids is 1. The molecular formula is C16H22N4OS. The first-order valence-electron chi connectivity index (χ1n) is 7.93. The van der Waals surface area contributed by atoms with Crippen LogP contribution in [0, 0.1) is 0 Å². The second kappa shape index (κ2) is 6.60. The molecule has 1 aliphatic rings. The van der Waals surface area contributed by atoms with Crippen LogP contribution in [0.2, 0.25) is 0 Å². The molecule has 0 atom stereocenters. The molecule has 2 aromatic rings. The molecule has 0 saturated carbocycles. The number of carbonyl (C=O) groups is 1. The number of rotatable bonds is 5. The number of fused-ring (bicyclic) bond motifs is 3. The number of hydrogen-bond donors (Lipinski definition) is 1. The summed E-state index contributed by atoms with van der Waals surface area (Å²) >= 11 is 1.79. The molecule has 5 nitrogen and oxygen atoms in total. The number of hydrogen-bond acceptors (Lipinski definition) is 5. The summed E-state index contributed by atoms with van der Waals surface area (Å²) in [5, 5.41) is 4.08. The summed E-state index contributed by atoms with van der Waals surface area (Å²) in [6.45, 7) is 3.10. The third-order valence-corrected chi connectivity index (χ3v) is 5.25. The van der Waals surface area contributed by atoms with Gasteiger partial charge >= 0.3 is 0 Å². The molecule has 6 heteroatoms. The van der Waals surface area contributed by atoms with Crippen LogP contribution in [-0.4, -0.2) is 36.0 Å². The van der Waals surface area contributed by atoms with Gasteiger partial charge < -0.3 is 10.2 Å². The topological polar surface area (TPSA) is 58.1 Å². The van der Waals surface area contributed by atoms with E-state index in [9.17, 15) is 4.79 Å². The Kier molecular flexibility index (Phi) is 4.57. The molecule has 1 aliphatic carbocycles. The summed E-state index contributed by atoms with van der Waals surface area (Å²) in [5.74, 6) is 0.927. The van der Waals surface area contributed by atoms with Crippen molar-refractivity contribution >= 4 is 33.3 Å². The molecule has 22 heavy (non-hydrogen) atoms. The predicted octanol–water partition coefficient (Wildman–Crippen LogP) is 2.53. The molecule has 0 unspecified atom stereocenters. The van der Waals surface area contributed by atoms with Gasteiger partial charge in [-0.3, -0.25) is 4.79 Å². The Morgan fingerprint density at radius 3 is 3.00 bits per heavy atom. The Morgan fingerprint density at radius 1 is 1.36 bits per heavy atom. The molecule has 0 bridgehead atoms. The van der Waals surface area contributed by atoms with E-state index in [0.717, 1.165) is 41.8 Å². The van der Waals surface area contributed by atoms with Crippen molar-refractivity contribution in [3.63, 3.8) is 0 Å². The summed E-state index contributed by atoms with van der Waals surface area (Å²) in [6.07, 6.45) is 7.30. The molecule has 0 saturated heterocycles. The Bertz CT molecular complexity index is 682. The quantitative estimate of drug-likeness (QED) is 0.920. The fourth-order valence-electron chi connectivity index (χ4n) is 2.97. The van der Waals surface area contributed by atoms with Gasteiger partial charge in [0.1, 0.15) is 17.0 Å². The fraction of sp³-hybridized carbons (Fsp3) is 0.562. The van der Waals surface area contributed by atoms with Gasteiger partial charge in [0.2, 0.25) is 5.91 Å². The number of aromatic nitrogens is 2. The number of thiophene rings is 1. The first-order valence-corrected chi connectivity index (χ1v) is 8.75. The first-order chi connectivity index (χ1) is 10.7. The number of likely N-dealkylation sites (N-methyl/N-ethyl adjacent to an activating group) is 1. The normalized spacial score (nSPS) is 13.9. The van der Waals surface area contributed by atoms with Crippen LogP contribution in [0.1, 0.15) is 36.6 Å². The third kappa shape index (κ3) is 2.92. The van der Waals surface area contributed by atoms with Crippen LogP contribution in [0.15, 0.2) is 6.33 Å². The van der Waals surface area contributed by atoms with Gasteiger partial charge in [-0.05, 0) is 37.7 Å². The van der Waals surface area contributed by atoms with Crippen molar-refractivity contribution in [1.29, 1.82) is 0 Å². The smallest absolute Gasteiger partial charge is 0.239 e. The molecular weight excluding hydrogens is 296 g/mol. The predicted molar refractivity (Wildman–Crippen MR) is 90.6 cm³/mol. The Hall–Kier alpha value is -1.69. The highest BCUT2D eigenvalue weighted by Gasteiger charge is 2.21. The maximum Gasteiger partial charge on any atom is 0.239 e.